The number of amidine groups is 1. The van der Waals surface area contributed by atoms with E-state index in [1.165, 1.54) is 12.8 Å². The Labute approximate surface area is 111 Å². The van der Waals surface area contributed by atoms with Crippen molar-refractivity contribution in [3.63, 3.8) is 0 Å². The maximum absolute atomic E-state index is 8.80. The van der Waals surface area contributed by atoms with Crippen LogP contribution < -0.4 is 5.73 Å². The summed E-state index contributed by atoms with van der Waals surface area (Å²) in [6.45, 7) is 10.8. The average molecular weight is 256 g/mol. The van der Waals surface area contributed by atoms with Crippen LogP contribution in [0.4, 0.5) is 0 Å². The molecule has 0 aromatic rings. The van der Waals surface area contributed by atoms with Gasteiger partial charge in [0, 0.05) is 32.2 Å². The molecule has 3 N–H and O–H groups in total. The van der Waals surface area contributed by atoms with E-state index in [4.69, 9.17) is 10.9 Å². The monoisotopic (exact) mass is 256 g/mol. The Morgan fingerprint density at radius 3 is 2.22 bits per heavy atom. The van der Waals surface area contributed by atoms with Gasteiger partial charge < -0.3 is 10.9 Å². The minimum atomic E-state index is 0.0821. The summed E-state index contributed by atoms with van der Waals surface area (Å²) in [4.78, 5) is 4.86. The average Bonchev–Trinajstić information content (AvgIpc) is 2.40. The van der Waals surface area contributed by atoms with E-state index in [0.717, 1.165) is 32.6 Å². The molecule has 106 valence electrons. The molecule has 5 nitrogen and oxygen atoms in total. The van der Waals surface area contributed by atoms with Crippen molar-refractivity contribution in [1.29, 1.82) is 0 Å². The minimum Gasteiger partial charge on any atom is -0.409 e. The maximum atomic E-state index is 8.80. The van der Waals surface area contributed by atoms with Gasteiger partial charge in [-0.25, -0.2) is 0 Å². The molecule has 0 aliphatic carbocycles. The van der Waals surface area contributed by atoms with Crippen molar-refractivity contribution in [1.82, 2.24) is 9.80 Å². The SMILES string of the molecule is CCCC(C)N1CCN(C(CC)C(N)=NO)CC1. The standard InChI is InChI=1S/C13H28N4O/c1-4-6-11(3)16-7-9-17(10-8-16)12(5-2)13(14)15-18/h11-12,18H,4-10H2,1-3H3,(H2,14,15). The third-order valence-corrected chi connectivity index (χ3v) is 3.96. The van der Waals surface area contributed by atoms with E-state index in [-0.39, 0.29) is 6.04 Å². The van der Waals surface area contributed by atoms with Gasteiger partial charge in [-0.1, -0.05) is 25.4 Å². The number of hydrogen-bond donors (Lipinski definition) is 2. The van der Waals surface area contributed by atoms with Crippen LogP contribution >= 0.6 is 0 Å². The van der Waals surface area contributed by atoms with Crippen molar-refractivity contribution in [2.45, 2.75) is 52.1 Å². The molecule has 1 aliphatic rings. The van der Waals surface area contributed by atoms with Gasteiger partial charge in [0.15, 0.2) is 5.84 Å². The molecule has 0 aromatic carbocycles. The highest BCUT2D eigenvalue weighted by Gasteiger charge is 2.26. The molecule has 1 fully saturated rings. The topological polar surface area (TPSA) is 65.1 Å². The van der Waals surface area contributed by atoms with Crippen molar-refractivity contribution in [3.05, 3.63) is 0 Å². The van der Waals surface area contributed by atoms with Crippen molar-refractivity contribution in [2.24, 2.45) is 10.9 Å². The molecule has 0 bridgehead atoms. The quantitative estimate of drug-likeness (QED) is 0.325. The van der Waals surface area contributed by atoms with Crippen LogP contribution in [0, 0.1) is 0 Å². The highest BCUT2D eigenvalue weighted by Crippen LogP contribution is 2.14. The smallest absolute Gasteiger partial charge is 0.156 e. The zero-order valence-corrected chi connectivity index (χ0v) is 12.0. The second-order valence-electron chi connectivity index (χ2n) is 5.16. The van der Waals surface area contributed by atoms with E-state index in [1.54, 1.807) is 0 Å². The molecular formula is C13H28N4O. The lowest BCUT2D eigenvalue weighted by atomic mass is 10.1. The Bertz CT molecular complexity index is 262. The van der Waals surface area contributed by atoms with Crippen LogP contribution in [0.5, 0.6) is 0 Å². The second-order valence-corrected chi connectivity index (χ2v) is 5.16. The third-order valence-electron chi connectivity index (χ3n) is 3.96. The molecule has 5 heteroatoms. The molecule has 0 spiro atoms. The van der Waals surface area contributed by atoms with Crippen LogP contribution in [0.15, 0.2) is 5.16 Å². The first-order valence-electron chi connectivity index (χ1n) is 7.09. The van der Waals surface area contributed by atoms with Crippen LogP contribution in [-0.4, -0.2) is 59.1 Å². The van der Waals surface area contributed by atoms with Gasteiger partial charge in [0.1, 0.15) is 0 Å². The predicted octanol–water partition coefficient (Wildman–Crippen LogP) is 1.32. The van der Waals surface area contributed by atoms with Crippen molar-refractivity contribution >= 4 is 5.84 Å². The molecule has 0 aromatic heterocycles. The maximum Gasteiger partial charge on any atom is 0.156 e. The van der Waals surface area contributed by atoms with Gasteiger partial charge in [0.25, 0.3) is 0 Å². The first kappa shape index (κ1) is 15.2. The van der Waals surface area contributed by atoms with Gasteiger partial charge in [-0.3, -0.25) is 9.80 Å². The summed E-state index contributed by atoms with van der Waals surface area (Å²) in [5.41, 5.74) is 5.75. The number of nitrogens with zero attached hydrogens (tertiary/aromatic N) is 3. The third kappa shape index (κ3) is 3.85. The molecule has 0 radical (unpaired) electrons. The number of piperazine rings is 1. The van der Waals surface area contributed by atoms with Crippen molar-refractivity contribution in [3.8, 4) is 0 Å². The summed E-state index contributed by atoms with van der Waals surface area (Å²) in [7, 11) is 0. The summed E-state index contributed by atoms with van der Waals surface area (Å²) >= 11 is 0. The van der Waals surface area contributed by atoms with Crippen LogP contribution in [0.2, 0.25) is 0 Å². The minimum absolute atomic E-state index is 0.0821. The predicted molar refractivity (Wildman–Crippen MR) is 75.0 cm³/mol. The lowest BCUT2D eigenvalue weighted by Gasteiger charge is -2.40. The molecule has 18 heavy (non-hydrogen) atoms. The summed E-state index contributed by atoms with van der Waals surface area (Å²) in [6.07, 6.45) is 3.39. The molecule has 1 heterocycles. The Hall–Kier alpha value is -0.810. The largest absolute Gasteiger partial charge is 0.409 e. The molecule has 0 saturated carbocycles. The molecule has 2 unspecified atom stereocenters. The van der Waals surface area contributed by atoms with E-state index in [2.05, 4.69) is 35.7 Å². The molecule has 0 amide bonds. The lowest BCUT2D eigenvalue weighted by molar-refractivity contribution is 0.0852. The highest BCUT2D eigenvalue weighted by atomic mass is 16.4. The highest BCUT2D eigenvalue weighted by molar-refractivity contribution is 5.85. The van der Waals surface area contributed by atoms with Crippen LogP contribution in [0.1, 0.15) is 40.0 Å². The summed E-state index contributed by atoms with van der Waals surface area (Å²) in [5, 5.41) is 12.0. The van der Waals surface area contributed by atoms with Gasteiger partial charge in [0.2, 0.25) is 0 Å². The van der Waals surface area contributed by atoms with Gasteiger partial charge in [-0.2, -0.15) is 0 Å². The number of rotatable bonds is 6. The molecular weight excluding hydrogens is 228 g/mol. The van der Waals surface area contributed by atoms with E-state index < -0.39 is 0 Å². The zero-order chi connectivity index (χ0) is 13.5. The normalized spacial score (nSPS) is 22.9. The number of oxime groups is 1. The van der Waals surface area contributed by atoms with Crippen LogP contribution in [0.3, 0.4) is 0 Å². The number of hydrogen-bond acceptors (Lipinski definition) is 4. The molecule has 1 rings (SSSR count). The summed E-state index contributed by atoms with van der Waals surface area (Å²) in [5.74, 6) is 0.340. The Morgan fingerprint density at radius 1 is 1.22 bits per heavy atom. The van der Waals surface area contributed by atoms with Crippen molar-refractivity contribution < 1.29 is 5.21 Å². The first-order valence-corrected chi connectivity index (χ1v) is 7.09. The Morgan fingerprint density at radius 2 is 1.78 bits per heavy atom. The van der Waals surface area contributed by atoms with E-state index in [1.807, 2.05) is 0 Å². The van der Waals surface area contributed by atoms with Gasteiger partial charge in [0.05, 0.1) is 6.04 Å². The van der Waals surface area contributed by atoms with E-state index in [9.17, 15) is 0 Å². The molecule has 1 aliphatic heterocycles. The fraction of sp³-hybridized carbons (Fsp3) is 0.923. The Balaban J connectivity index is 2.47. The first-order chi connectivity index (χ1) is 8.63. The van der Waals surface area contributed by atoms with Crippen LogP contribution in [0.25, 0.3) is 0 Å². The summed E-state index contributed by atoms with van der Waals surface area (Å²) in [6, 6.07) is 0.750. The summed E-state index contributed by atoms with van der Waals surface area (Å²) < 4.78 is 0. The van der Waals surface area contributed by atoms with Gasteiger partial charge in [-0.15, -0.1) is 0 Å². The van der Waals surface area contributed by atoms with Gasteiger partial charge in [-0.05, 0) is 19.8 Å². The number of nitrogens with two attached hydrogens (primary N) is 1. The van der Waals surface area contributed by atoms with Gasteiger partial charge >= 0.3 is 0 Å². The fourth-order valence-corrected chi connectivity index (χ4v) is 2.81. The van der Waals surface area contributed by atoms with E-state index >= 15 is 0 Å². The lowest BCUT2D eigenvalue weighted by Crippen LogP contribution is -2.55. The fourth-order valence-electron chi connectivity index (χ4n) is 2.81. The van der Waals surface area contributed by atoms with E-state index in [0.29, 0.717) is 11.9 Å². The molecule has 1 saturated heterocycles. The van der Waals surface area contributed by atoms with Crippen molar-refractivity contribution in [2.75, 3.05) is 26.2 Å². The Kier molecular flexibility index (Phi) is 6.43. The molecule has 2 atom stereocenters. The second kappa shape index (κ2) is 7.59. The zero-order valence-electron chi connectivity index (χ0n) is 12.0. The van der Waals surface area contributed by atoms with Crippen LogP contribution in [-0.2, 0) is 0 Å².